The minimum atomic E-state index is -3.87. The Kier molecular flexibility index (Phi) is 6.20. The van der Waals surface area contributed by atoms with Crippen LogP contribution in [0.15, 0.2) is 82.1 Å². The van der Waals surface area contributed by atoms with E-state index < -0.39 is 15.9 Å². The molecule has 0 saturated carbocycles. The Hall–Kier alpha value is -3.65. The van der Waals surface area contributed by atoms with Crippen molar-refractivity contribution in [3.05, 3.63) is 78.4 Å². The second-order valence-electron chi connectivity index (χ2n) is 8.19. The van der Waals surface area contributed by atoms with Crippen LogP contribution in [0.3, 0.4) is 0 Å². The predicted octanol–water partition coefficient (Wildman–Crippen LogP) is 5.31. The van der Waals surface area contributed by atoms with E-state index in [4.69, 9.17) is 4.74 Å². The van der Waals surface area contributed by atoms with Gasteiger partial charge in [0.05, 0.1) is 5.69 Å². The summed E-state index contributed by atoms with van der Waals surface area (Å²) in [5.74, 6) is 1.67. The van der Waals surface area contributed by atoms with Gasteiger partial charge in [0.25, 0.3) is 15.9 Å². The van der Waals surface area contributed by atoms with Gasteiger partial charge < -0.3 is 15.0 Å². The van der Waals surface area contributed by atoms with E-state index in [2.05, 4.69) is 9.71 Å². The Bertz CT molecular complexity index is 1300. The fourth-order valence-corrected chi connectivity index (χ4v) is 4.82. The molecule has 0 saturated heterocycles. The number of anilines is 2. The first-order chi connectivity index (χ1) is 15.7. The molecule has 1 aliphatic rings. The molecule has 4 rings (SSSR count). The topological polar surface area (TPSA) is 88.1 Å². The monoisotopic (exact) mass is 463 g/mol. The van der Waals surface area contributed by atoms with Crippen LogP contribution in [0.5, 0.6) is 11.5 Å². The number of benzene rings is 3. The summed E-state index contributed by atoms with van der Waals surface area (Å²) in [7, 11) is -3.87. The Balaban J connectivity index is 1.53. The molecule has 3 aromatic rings. The molecule has 0 spiro atoms. The average Bonchev–Trinajstić information content (AvgIpc) is 2.78. The predicted molar refractivity (Wildman–Crippen MR) is 130 cm³/mol. The standard InChI is InChI=1S/C25H25N3O4S/c1-17(2)16-28-18(3)27-33(30,31)24-15-19(9-14-23(24)28)25(29)26-20-10-12-22(13-11-20)32-21-7-5-4-6-8-21/h4-15,17H,16H2,1-3H3,(H,26,29). The fourth-order valence-electron chi connectivity index (χ4n) is 3.56. The summed E-state index contributed by atoms with van der Waals surface area (Å²) in [5, 5.41) is 2.80. The zero-order chi connectivity index (χ0) is 23.6. The maximum absolute atomic E-state index is 12.8. The Morgan fingerprint density at radius 2 is 1.67 bits per heavy atom. The third kappa shape index (κ3) is 5.06. The summed E-state index contributed by atoms with van der Waals surface area (Å²) >= 11 is 0. The molecule has 1 heterocycles. The van der Waals surface area contributed by atoms with E-state index in [0.29, 0.717) is 41.2 Å². The highest BCUT2D eigenvalue weighted by atomic mass is 32.2. The summed E-state index contributed by atoms with van der Waals surface area (Å²) in [6.45, 7) is 6.40. The van der Waals surface area contributed by atoms with Crippen LogP contribution < -0.4 is 15.0 Å². The smallest absolute Gasteiger partial charge is 0.286 e. The number of amides is 1. The number of nitrogens with one attached hydrogen (secondary N) is 1. The van der Waals surface area contributed by atoms with Crippen LogP contribution in [0.4, 0.5) is 11.4 Å². The van der Waals surface area contributed by atoms with Crippen LogP contribution in [0.2, 0.25) is 0 Å². The molecule has 7 nitrogen and oxygen atoms in total. The van der Waals surface area contributed by atoms with Gasteiger partial charge in [-0.2, -0.15) is 8.42 Å². The fraction of sp³-hybridized carbons (Fsp3) is 0.200. The van der Waals surface area contributed by atoms with Gasteiger partial charge >= 0.3 is 0 Å². The van der Waals surface area contributed by atoms with Gasteiger partial charge in [-0.25, -0.2) is 0 Å². The van der Waals surface area contributed by atoms with Gasteiger partial charge in [-0.3, -0.25) is 4.79 Å². The maximum Gasteiger partial charge on any atom is 0.286 e. The van der Waals surface area contributed by atoms with E-state index in [9.17, 15) is 13.2 Å². The van der Waals surface area contributed by atoms with E-state index in [-0.39, 0.29) is 10.5 Å². The molecule has 0 unspecified atom stereocenters. The van der Waals surface area contributed by atoms with Gasteiger partial charge in [0.15, 0.2) is 0 Å². The third-order valence-corrected chi connectivity index (χ3v) is 6.46. The molecule has 0 radical (unpaired) electrons. The summed E-state index contributed by atoms with van der Waals surface area (Å²) in [6.07, 6.45) is 0. The first-order valence-electron chi connectivity index (χ1n) is 10.6. The van der Waals surface area contributed by atoms with Gasteiger partial charge in [0.1, 0.15) is 22.2 Å². The van der Waals surface area contributed by atoms with Crippen LogP contribution in [-0.4, -0.2) is 26.7 Å². The first kappa shape index (κ1) is 22.5. The highest BCUT2D eigenvalue weighted by Gasteiger charge is 2.30. The van der Waals surface area contributed by atoms with Crippen LogP contribution >= 0.6 is 0 Å². The van der Waals surface area contributed by atoms with Gasteiger partial charge in [0, 0.05) is 17.8 Å². The van der Waals surface area contributed by atoms with E-state index in [1.165, 1.54) is 6.07 Å². The Labute approximate surface area is 193 Å². The highest BCUT2D eigenvalue weighted by molar-refractivity contribution is 7.90. The van der Waals surface area contributed by atoms with Gasteiger partial charge in [-0.1, -0.05) is 32.0 Å². The summed E-state index contributed by atoms with van der Waals surface area (Å²) in [4.78, 5) is 14.7. The molecule has 1 N–H and O–H groups in total. The molecule has 0 atom stereocenters. The van der Waals surface area contributed by atoms with E-state index in [1.807, 2.05) is 49.1 Å². The zero-order valence-corrected chi connectivity index (χ0v) is 19.5. The van der Waals surface area contributed by atoms with Crippen molar-refractivity contribution < 1.29 is 17.9 Å². The van der Waals surface area contributed by atoms with Gasteiger partial charge in [0.2, 0.25) is 0 Å². The number of ether oxygens (including phenoxy) is 1. The minimum absolute atomic E-state index is 0.0352. The lowest BCUT2D eigenvalue weighted by Gasteiger charge is -2.30. The number of para-hydroxylation sites is 1. The van der Waals surface area contributed by atoms with E-state index in [0.717, 1.165) is 0 Å². The highest BCUT2D eigenvalue weighted by Crippen LogP contribution is 2.33. The molecule has 170 valence electrons. The quantitative estimate of drug-likeness (QED) is 0.535. The van der Waals surface area contributed by atoms with Gasteiger partial charge in [-0.15, -0.1) is 4.40 Å². The third-order valence-electron chi connectivity index (χ3n) is 5.07. The molecule has 0 bridgehead atoms. The number of hydrogen-bond acceptors (Lipinski definition) is 5. The van der Waals surface area contributed by atoms with Gasteiger partial charge in [-0.05, 0) is 67.4 Å². The first-order valence-corrected chi connectivity index (χ1v) is 12.0. The number of carbonyl (C=O) groups excluding carboxylic acids is 1. The Morgan fingerprint density at radius 1 is 1.00 bits per heavy atom. The van der Waals surface area contributed by atoms with Crippen molar-refractivity contribution >= 4 is 33.1 Å². The molecular formula is C25H25N3O4S. The number of fused-ring (bicyclic) bond motifs is 1. The van der Waals surface area contributed by atoms with Crippen molar-refractivity contribution in [2.75, 3.05) is 16.8 Å². The number of amidine groups is 1. The lowest BCUT2D eigenvalue weighted by Crippen LogP contribution is -2.36. The maximum atomic E-state index is 12.8. The van der Waals surface area contributed by atoms with Crippen LogP contribution in [-0.2, 0) is 10.0 Å². The lowest BCUT2D eigenvalue weighted by molar-refractivity contribution is 0.102. The van der Waals surface area contributed by atoms with Crippen molar-refractivity contribution in [2.24, 2.45) is 10.3 Å². The van der Waals surface area contributed by atoms with Crippen molar-refractivity contribution in [1.82, 2.24) is 0 Å². The number of hydrogen-bond donors (Lipinski definition) is 1. The van der Waals surface area contributed by atoms with Crippen molar-refractivity contribution in [3.63, 3.8) is 0 Å². The molecule has 3 aromatic carbocycles. The molecule has 1 amide bonds. The lowest BCUT2D eigenvalue weighted by atomic mass is 10.1. The molecule has 33 heavy (non-hydrogen) atoms. The number of nitrogens with zero attached hydrogens (tertiary/aromatic N) is 2. The SMILES string of the molecule is CC1=NS(=O)(=O)c2cc(C(=O)Nc3ccc(Oc4ccccc4)cc3)ccc2N1CC(C)C. The van der Waals surface area contributed by atoms with Crippen LogP contribution in [0.1, 0.15) is 31.1 Å². The molecular weight excluding hydrogens is 438 g/mol. The minimum Gasteiger partial charge on any atom is -0.457 e. The van der Waals surface area contributed by atoms with Crippen LogP contribution in [0, 0.1) is 5.92 Å². The summed E-state index contributed by atoms with van der Waals surface area (Å²) in [6, 6.07) is 21.0. The zero-order valence-electron chi connectivity index (χ0n) is 18.6. The van der Waals surface area contributed by atoms with Crippen molar-refractivity contribution in [3.8, 4) is 11.5 Å². The summed E-state index contributed by atoms with van der Waals surface area (Å²) in [5.41, 5.74) is 1.34. The molecule has 0 aromatic heterocycles. The van der Waals surface area contributed by atoms with E-state index >= 15 is 0 Å². The number of sulfonamides is 1. The second-order valence-corrected chi connectivity index (χ2v) is 9.77. The Morgan fingerprint density at radius 3 is 2.33 bits per heavy atom. The van der Waals surface area contributed by atoms with Crippen LogP contribution in [0.25, 0.3) is 0 Å². The normalized spacial score (nSPS) is 14.4. The largest absolute Gasteiger partial charge is 0.457 e. The van der Waals surface area contributed by atoms with Crippen molar-refractivity contribution in [2.45, 2.75) is 25.7 Å². The molecule has 1 aliphatic heterocycles. The number of carbonyl (C=O) groups is 1. The number of rotatable bonds is 6. The summed E-state index contributed by atoms with van der Waals surface area (Å²) < 4.78 is 35.0. The average molecular weight is 464 g/mol. The molecule has 8 heteroatoms. The second kappa shape index (κ2) is 9.07. The molecule has 0 aliphatic carbocycles. The molecule has 0 fully saturated rings. The van der Waals surface area contributed by atoms with E-state index in [1.54, 1.807) is 43.3 Å². The van der Waals surface area contributed by atoms with Crippen molar-refractivity contribution in [1.29, 1.82) is 0 Å².